The molecule has 3 N–H and O–H groups in total. The average molecular weight is 600 g/mol. The first-order valence-corrected chi connectivity index (χ1v) is 13.9. The lowest BCUT2D eigenvalue weighted by Crippen LogP contribution is -2.49. The number of anilines is 2. The molecule has 1 aliphatic heterocycles. The molecule has 4 heterocycles. The molecule has 3 aromatic heterocycles. The zero-order chi connectivity index (χ0) is 29.4. The van der Waals surface area contributed by atoms with Gasteiger partial charge in [-0.1, -0.05) is 11.6 Å². The van der Waals surface area contributed by atoms with Crippen molar-refractivity contribution in [3.63, 3.8) is 0 Å². The molecule has 4 aromatic rings. The summed E-state index contributed by atoms with van der Waals surface area (Å²) in [7, 11) is 0. The van der Waals surface area contributed by atoms with Crippen molar-refractivity contribution in [1.82, 2.24) is 34.2 Å². The van der Waals surface area contributed by atoms with Crippen LogP contribution in [0.4, 0.5) is 20.3 Å². The van der Waals surface area contributed by atoms with Crippen LogP contribution >= 0.6 is 11.6 Å². The van der Waals surface area contributed by atoms with Crippen LogP contribution in [-0.2, 0) is 11.3 Å². The molecule has 15 heteroatoms. The molecule has 1 saturated heterocycles. The molecule has 0 atom stereocenters. The number of piperazine rings is 1. The van der Waals surface area contributed by atoms with Gasteiger partial charge in [-0.3, -0.25) is 19.2 Å². The largest absolute Gasteiger partial charge is 0.434 e. The van der Waals surface area contributed by atoms with Crippen LogP contribution in [-0.4, -0.2) is 85.3 Å². The quantitative estimate of drug-likeness (QED) is 0.299. The fraction of sp³-hybridized carbons (Fsp3) is 0.370. The van der Waals surface area contributed by atoms with E-state index < -0.39 is 12.5 Å². The monoisotopic (exact) mass is 599 g/mol. The Hall–Kier alpha value is -4.30. The van der Waals surface area contributed by atoms with Gasteiger partial charge in [0.25, 0.3) is 5.91 Å². The summed E-state index contributed by atoms with van der Waals surface area (Å²) in [5, 5.41) is 11.6. The highest BCUT2D eigenvalue weighted by Gasteiger charge is 2.29. The smallest absolute Gasteiger partial charge is 0.387 e. The van der Waals surface area contributed by atoms with Gasteiger partial charge in [-0.25, -0.2) is 9.50 Å². The van der Waals surface area contributed by atoms with Crippen molar-refractivity contribution in [2.24, 2.45) is 5.92 Å². The summed E-state index contributed by atoms with van der Waals surface area (Å²) < 4.78 is 33.9. The van der Waals surface area contributed by atoms with E-state index in [-0.39, 0.29) is 57.2 Å². The predicted octanol–water partition coefficient (Wildman–Crippen LogP) is 3.24. The molecule has 0 radical (unpaired) electrons. The number of amides is 2. The highest BCUT2D eigenvalue weighted by Crippen LogP contribution is 2.37. The summed E-state index contributed by atoms with van der Waals surface area (Å²) in [5.74, 6) is -0.288. The van der Waals surface area contributed by atoms with E-state index in [2.05, 4.69) is 25.4 Å². The van der Waals surface area contributed by atoms with Crippen LogP contribution < -0.4 is 15.8 Å². The van der Waals surface area contributed by atoms with E-state index in [4.69, 9.17) is 22.1 Å². The second kappa shape index (κ2) is 11.5. The van der Waals surface area contributed by atoms with Crippen molar-refractivity contribution in [3.8, 4) is 17.0 Å². The summed E-state index contributed by atoms with van der Waals surface area (Å²) in [6, 6.07) is 5.72. The summed E-state index contributed by atoms with van der Waals surface area (Å²) >= 11 is 6.20. The fourth-order valence-corrected chi connectivity index (χ4v) is 5.24. The number of nitrogens with zero attached hydrogens (tertiary/aromatic N) is 7. The topological polar surface area (TPSA) is 136 Å². The van der Waals surface area contributed by atoms with Crippen molar-refractivity contribution < 1.29 is 23.1 Å². The molecule has 12 nitrogen and oxygen atoms in total. The summed E-state index contributed by atoms with van der Waals surface area (Å²) in [6.07, 6.45) is 7.09. The van der Waals surface area contributed by atoms with Gasteiger partial charge < -0.3 is 20.7 Å². The Kier molecular flexibility index (Phi) is 7.64. The number of hydrogen-bond acceptors (Lipinski definition) is 8. The maximum Gasteiger partial charge on any atom is 0.387 e. The predicted molar refractivity (Wildman–Crippen MR) is 150 cm³/mol. The van der Waals surface area contributed by atoms with E-state index >= 15 is 0 Å². The number of rotatable bonds is 9. The lowest BCUT2D eigenvalue weighted by Gasteiger charge is -2.34. The van der Waals surface area contributed by atoms with E-state index in [0.29, 0.717) is 13.1 Å². The number of fused-ring (bicyclic) bond motifs is 1. The molecule has 0 bridgehead atoms. The number of alkyl halides is 2. The Morgan fingerprint density at radius 2 is 1.95 bits per heavy atom. The van der Waals surface area contributed by atoms with Gasteiger partial charge in [0.2, 0.25) is 5.91 Å². The fourth-order valence-electron chi connectivity index (χ4n) is 5.07. The Balaban J connectivity index is 1.29. The van der Waals surface area contributed by atoms with Crippen LogP contribution in [0.3, 0.4) is 0 Å². The van der Waals surface area contributed by atoms with Gasteiger partial charge in [-0.05, 0) is 43.0 Å². The van der Waals surface area contributed by atoms with Gasteiger partial charge in [0.1, 0.15) is 23.6 Å². The van der Waals surface area contributed by atoms with Gasteiger partial charge in [0.05, 0.1) is 5.69 Å². The number of benzene rings is 1. The number of halogens is 3. The average Bonchev–Trinajstić information content (AvgIpc) is 3.58. The molecule has 1 aromatic carbocycles. The lowest BCUT2D eigenvalue weighted by molar-refractivity contribution is -0.133. The molecular formula is C27H28ClF2N9O3. The number of aromatic nitrogens is 5. The number of ether oxygens (including phenoxy) is 1. The molecule has 1 aliphatic carbocycles. The molecule has 0 unspecified atom stereocenters. The van der Waals surface area contributed by atoms with Gasteiger partial charge >= 0.3 is 6.61 Å². The van der Waals surface area contributed by atoms with Crippen LogP contribution in [0.25, 0.3) is 16.9 Å². The minimum atomic E-state index is -3.12. The molecule has 0 spiro atoms. The summed E-state index contributed by atoms with van der Waals surface area (Å²) in [6.45, 7) is 0.644. The maximum atomic E-state index is 13.4. The molecule has 220 valence electrons. The molecule has 2 aliphatic rings. The van der Waals surface area contributed by atoms with Crippen LogP contribution in [0.5, 0.6) is 5.75 Å². The van der Waals surface area contributed by atoms with Crippen molar-refractivity contribution in [3.05, 3.63) is 53.4 Å². The SMILES string of the molecule is Nc1nn2cccnc2c1C(=O)Nc1cn(CC(=O)N2CCN(CC3CC3)CC2)nc1-c1cc(Cl)ccc1OC(F)F. The van der Waals surface area contributed by atoms with Crippen molar-refractivity contribution >= 4 is 40.6 Å². The molecule has 6 rings (SSSR count). The second-order valence-electron chi connectivity index (χ2n) is 10.3. The third-order valence-electron chi connectivity index (χ3n) is 7.31. The highest BCUT2D eigenvalue weighted by atomic mass is 35.5. The Labute approximate surface area is 244 Å². The van der Waals surface area contributed by atoms with E-state index in [0.717, 1.165) is 25.6 Å². The van der Waals surface area contributed by atoms with Crippen LogP contribution in [0.1, 0.15) is 23.2 Å². The molecule has 2 amide bonds. The van der Waals surface area contributed by atoms with Crippen molar-refractivity contribution in [2.45, 2.75) is 26.0 Å². The summed E-state index contributed by atoms with van der Waals surface area (Å²) in [4.78, 5) is 35.0. The number of nitrogens with two attached hydrogens (primary N) is 1. The van der Waals surface area contributed by atoms with Crippen LogP contribution in [0.2, 0.25) is 5.02 Å². The van der Waals surface area contributed by atoms with Crippen LogP contribution in [0.15, 0.2) is 42.9 Å². The Morgan fingerprint density at radius 3 is 2.69 bits per heavy atom. The molecule has 2 fully saturated rings. The minimum Gasteiger partial charge on any atom is -0.434 e. The normalized spacial score (nSPS) is 15.9. The maximum absolute atomic E-state index is 13.4. The highest BCUT2D eigenvalue weighted by molar-refractivity contribution is 6.31. The molecule has 42 heavy (non-hydrogen) atoms. The number of nitrogen functional groups attached to an aromatic ring is 1. The zero-order valence-corrected chi connectivity index (χ0v) is 23.2. The van der Waals surface area contributed by atoms with E-state index in [1.54, 1.807) is 17.2 Å². The van der Waals surface area contributed by atoms with Gasteiger partial charge in [0, 0.05) is 61.9 Å². The number of nitrogens with one attached hydrogen (secondary N) is 1. The van der Waals surface area contributed by atoms with E-state index in [1.807, 2.05) is 0 Å². The van der Waals surface area contributed by atoms with Crippen molar-refractivity contribution in [1.29, 1.82) is 0 Å². The van der Waals surface area contributed by atoms with Gasteiger partial charge in [-0.2, -0.15) is 13.9 Å². The number of carbonyl (C=O) groups excluding carboxylic acids is 2. The summed E-state index contributed by atoms with van der Waals surface area (Å²) in [5.41, 5.74) is 6.56. The van der Waals surface area contributed by atoms with Gasteiger partial charge in [0.15, 0.2) is 11.5 Å². The first-order valence-electron chi connectivity index (χ1n) is 13.5. The Morgan fingerprint density at radius 1 is 1.17 bits per heavy atom. The third-order valence-corrected chi connectivity index (χ3v) is 7.54. The standard InChI is InChI=1S/C27H28ClF2N9O3/c28-17-4-5-20(42-27(29)30)18(12-17)23-19(33-26(41)22-24(31)35-39-7-1-6-32-25(22)39)14-38(34-23)15-21(40)37-10-8-36(9-11-37)13-16-2-3-16/h1,4-7,12,14,16,27H,2-3,8-11,13,15H2,(H2,31,35)(H,33,41). The molecular weight excluding hydrogens is 572 g/mol. The number of carbonyl (C=O) groups is 2. The Bertz CT molecular complexity index is 1630. The first-order chi connectivity index (χ1) is 20.2. The van der Waals surface area contributed by atoms with Gasteiger partial charge in [-0.15, -0.1) is 5.10 Å². The zero-order valence-electron chi connectivity index (χ0n) is 22.4. The van der Waals surface area contributed by atoms with Crippen LogP contribution in [0, 0.1) is 5.92 Å². The van der Waals surface area contributed by atoms with E-state index in [9.17, 15) is 18.4 Å². The van der Waals surface area contributed by atoms with Crippen molar-refractivity contribution in [2.75, 3.05) is 43.8 Å². The first kappa shape index (κ1) is 27.8. The third kappa shape index (κ3) is 5.99. The van der Waals surface area contributed by atoms with E-state index in [1.165, 1.54) is 52.6 Å². The lowest BCUT2D eigenvalue weighted by atomic mass is 10.1. The minimum absolute atomic E-state index is 0.0181. The number of hydrogen-bond donors (Lipinski definition) is 2. The second-order valence-corrected chi connectivity index (χ2v) is 10.8. The molecule has 1 saturated carbocycles.